The van der Waals surface area contributed by atoms with Crippen molar-refractivity contribution in [1.82, 2.24) is 4.90 Å². The van der Waals surface area contributed by atoms with Crippen LogP contribution in [0.2, 0.25) is 18.1 Å². The Morgan fingerprint density at radius 3 is 2.11 bits per heavy atom. The lowest BCUT2D eigenvalue weighted by Gasteiger charge is -2.38. The number of hydrogen-bond acceptors (Lipinski definition) is 6. The first kappa shape index (κ1) is 25.1. The van der Waals surface area contributed by atoms with Crippen LogP contribution in [-0.2, 0) is 14.0 Å². The number of Topliss-reactive ketones (excluding diaryl/α,β-unsaturated/α-hetero) is 1. The molecule has 0 aromatic carbocycles. The van der Waals surface area contributed by atoms with Gasteiger partial charge >= 0.3 is 6.09 Å². The lowest BCUT2D eigenvalue weighted by molar-refractivity contribution is -0.122. The van der Waals surface area contributed by atoms with E-state index in [9.17, 15) is 19.8 Å². The molecule has 1 fully saturated rings. The highest BCUT2D eigenvalue weighted by molar-refractivity contribution is 6.74. The summed E-state index contributed by atoms with van der Waals surface area (Å²) in [5, 5.41) is 20.1. The molecule has 0 saturated carbocycles. The number of hydrogen-bond donors (Lipinski definition) is 2. The highest BCUT2D eigenvalue weighted by Gasteiger charge is 2.51. The van der Waals surface area contributed by atoms with E-state index in [0.29, 0.717) is 13.0 Å². The molecule has 8 heteroatoms. The number of ether oxygens (including phenoxy) is 1. The summed E-state index contributed by atoms with van der Waals surface area (Å²) in [6.45, 7) is 17.2. The van der Waals surface area contributed by atoms with E-state index in [1.807, 2.05) is 0 Å². The topological polar surface area (TPSA) is 96.3 Å². The van der Waals surface area contributed by atoms with E-state index in [1.54, 1.807) is 20.8 Å². The zero-order valence-electron chi connectivity index (χ0n) is 18.9. The molecule has 0 spiro atoms. The van der Waals surface area contributed by atoms with Crippen molar-refractivity contribution in [2.24, 2.45) is 5.92 Å². The van der Waals surface area contributed by atoms with Gasteiger partial charge in [0.2, 0.25) is 0 Å². The molecular weight excluding hydrogens is 378 g/mol. The fourth-order valence-electron chi connectivity index (χ4n) is 3.21. The van der Waals surface area contributed by atoms with E-state index in [2.05, 4.69) is 33.9 Å². The van der Waals surface area contributed by atoms with Gasteiger partial charge in [0.1, 0.15) is 5.60 Å². The number of amides is 1. The summed E-state index contributed by atoms with van der Waals surface area (Å²) in [6, 6.07) is -1.44. The van der Waals surface area contributed by atoms with Gasteiger partial charge in [-0.25, -0.2) is 4.79 Å². The first-order valence-electron chi connectivity index (χ1n) is 9.96. The van der Waals surface area contributed by atoms with Crippen molar-refractivity contribution >= 4 is 20.2 Å². The number of rotatable bonds is 6. The lowest BCUT2D eigenvalue weighted by Crippen LogP contribution is -2.53. The van der Waals surface area contributed by atoms with Gasteiger partial charge in [-0.1, -0.05) is 20.8 Å². The third-order valence-electron chi connectivity index (χ3n) is 5.79. The first-order valence-corrected chi connectivity index (χ1v) is 12.9. The third-order valence-corrected chi connectivity index (χ3v) is 10.3. The summed E-state index contributed by atoms with van der Waals surface area (Å²) in [4.78, 5) is 26.4. The van der Waals surface area contributed by atoms with Crippen LogP contribution in [0.25, 0.3) is 0 Å². The van der Waals surface area contributed by atoms with Crippen LogP contribution in [0.4, 0.5) is 4.79 Å². The minimum Gasteiger partial charge on any atom is -0.444 e. The second-order valence-electron chi connectivity index (χ2n) is 10.3. The van der Waals surface area contributed by atoms with Crippen LogP contribution in [-0.4, -0.2) is 72.3 Å². The Balaban J connectivity index is 3.16. The fraction of sp³-hybridized carbons (Fsp3) is 0.900. The Kier molecular flexibility index (Phi) is 7.89. The Labute approximate surface area is 170 Å². The molecule has 0 radical (unpaired) electrons. The summed E-state index contributed by atoms with van der Waals surface area (Å²) in [5.41, 5.74) is -0.733. The van der Waals surface area contributed by atoms with Crippen molar-refractivity contribution in [3.8, 4) is 0 Å². The van der Waals surface area contributed by atoms with Crippen molar-refractivity contribution in [2.75, 3.05) is 13.2 Å². The van der Waals surface area contributed by atoms with Crippen LogP contribution in [0.5, 0.6) is 0 Å². The molecular formula is C20H39NO6Si. The predicted molar refractivity (Wildman–Crippen MR) is 111 cm³/mol. The molecule has 7 nitrogen and oxygen atoms in total. The monoisotopic (exact) mass is 417 g/mol. The van der Waals surface area contributed by atoms with Gasteiger partial charge < -0.3 is 19.4 Å². The average molecular weight is 418 g/mol. The Bertz CT molecular complexity index is 566. The molecule has 0 bridgehead atoms. The molecule has 1 amide bonds. The Morgan fingerprint density at radius 2 is 1.71 bits per heavy atom. The van der Waals surface area contributed by atoms with Crippen LogP contribution in [0, 0.1) is 5.92 Å². The largest absolute Gasteiger partial charge is 0.444 e. The van der Waals surface area contributed by atoms with Gasteiger partial charge in [0.05, 0.1) is 24.8 Å². The number of aliphatic hydroxyl groups excluding tert-OH is 2. The Hall–Kier alpha value is -0.963. The average Bonchev–Trinajstić information content (AvgIpc) is 2.89. The zero-order chi connectivity index (χ0) is 22.1. The van der Waals surface area contributed by atoms with E-state index in [-0.39, 0.29) is 16.7 Å². The number of carbonyl (C=O) groups is 2. The molecule has 0 aliphatic carbocycles. The summed E-state index contributed by atoms with van der Waals surface area (Å²) in [6.07, 6.45) is -1.45. The van der Waals surface area contributed by atoms with Crippen LogP contribution in [0.3, 0.4) is 0 Å². The molecule has 1 saturated heterocycles. The van der Waals surface area contributed by atoms with Crippen molar-refractivity contribution in [1.29, 1.82) is 0 Å². The number of likely N-dealkylation sites (tertiary alicyclic amines) is 1. The summed E-state index contributed by atoms with van der Waals surface area (Å²) in [5.74, 6) is -0.437. The summed E-state index contributed by atoms with van der Waals surface area (Å²) in [7, 11) is -2.05. The molecule has 0 aromatic rings. The van der Waals surface area contributed by atoms with Crippen molar-refractivity contribution in [3.05, 3.63) is 0 Å². The fourth-order valence-corrected chi connectivity index (χ4v) is 4.27. The smallest absolute Gasteiger partial charge is 0.411 e. The summed E-state index contributed by atoms with van der Waals surface area (Å²) >= 11 is 0. The SMILES string of the molecule is CC(=O)[C@H]1C[C@@H](CO[Si](C)(C)C(C)(C)C)[C@H](C(O)CO)N1C(=O)OC(C)(C)C. The molecule has 1 aliphatic rings. The molecule has 1 heterocycles. The standard InChI is InChI=1S/C20H39NO6Si/c1-13(23)15-10-14(12-26-28(8,9)20(5,6)7)17(16(24)11-22)21(15)18(25)27-19(2,3)4/h14-17,22,24H,10-12H2,1-9H3/t14-,15+,16?,17+/m0/s1. The number of ketones is 1. The second kappa shape index (κ2) is 8.81. The zero-order valence-corrected chi connectivity index (χ0v) is 19.9. The predicted octanol–water partition coefficient (Wildman–Crippen LogP) is 2.94. The minimum absolute atomic E-state index is 0.0154. The number of carbonyl (C=O) groups excluding carboxylic acids is 2. The minimum atomic E-state index is -2.05. The normalized spacial score (nSPS) is 25.0. The van der Waals surface area contributed by atoms with Crippen LogP contribution < -0.4 is 0 Å². The van der Waals surface area contributed by atoms with E-state index in [4.69, 9.17) is 9.16 Å². The highest BCUT2D eigenvalue weighted by atomic mass is 28.4. The van der Waals surface area contributed by atoms with E-state index < -0.39 is 44.8 Å². The molecule has 0 aromatic heterocycles. The molecule has 2 N–H and O–H groups in total. The second-order valence-corrected chi connectivity index (χ2v) is 15.1. The molecule has 1 aliphatic heterocycles. The first-order chi connectivity index (χ1) is 12.5. The highest BCUT2D eigenvalue weighted by Crippen LogP contribution is 2.39. The maximum Gasteiger partial charge on any atom is 0.411 e. The van der Waals surface area contributed by atoms with Crippen LogP contribution in [0.1, 0.15) is 54.9 Å². The van der Waals surface area contributed by atoms with Gasteiger partial charge in [-0.15, -0.1) is 0 Å². The van der Waals surface area contributed by atoms with Crippen molar-refractivity contribution < 1.29 is 29.0 Å². The van der Waals surface area contributed by atoms with Gasteiger partial charge in [0.15, 0.2) is 14.1 Å². The van der Waals surface area contributed by atoms with Gasteiger partial charge in [-0.2, -0.15) is 0 Å². The summed E-state index contributed by atoms with van der Waals surface area (Å²) < 4.78 is 11.8. The van der Waals surface area contributed by atoms with E-state index in [1.165, 1.54) is 11.8 Å². The van der Waals surface area contributed by atoms with Crippen molar-refractivity contribution in [2.45, 2.75) is 96.8 Å². The molecule has 28 heavy (non-hydrogen) atoms. The molecule has 164 valence electrons. The van der Waals surface area contributed by atoms with Gasteiger partial charge in [0, 0.05) is 12.5 Å². The lowest BCUT2D eigenvalue weighted by atomic mass is 9.95. The van der Waals surface area contributed by atoms with Gasteiger partial charge in [-0.3, -0.25) is 9.69 Å². The van der Waals surface area contributed by atoms with Gasteiger partial charge in [0.25, 0.3) is 0 Å². The third kappa shape index (κ3) is 6.02. The number of aliphatic hydroxyl groups is 2. The van der Waals surface area contributed by atoms with Crippen LogP contribution in [0.15, 0.2) is 0 Å². The molecule has 1 rings (SSSR count). The quantitative estimate of drug-likeness (QED) is 0.645. The van der Waals surface area contributed by atoms with Crippen LogP contribution >= 0.6 is 0 Å². The van der Waals surface area contributed by atoms with Gasteiger partial charge in [-0.05, 0) is 52.2 Å². The van der Waals surface area contributed by atoms with E-state index in [0.717, 1.165) is 0 Å². The van der Waals surface area contributed by atoms with Crippen molar-refractivity contribution in [3.63, 3.8) is 0 Å². The molecule has 4 atom stereocenters. The maximum absolute atomic E-state index is 12.8. The maximum atomic E-state index is 12.8. The number of nitrogens with zero attached hydrogens (tertiary/aromatic N) is 1. The molecule has 1 unspecified atom stereocenters. The Morgan fingerprint density at radius 1 is 1.18 bits per heavy atom. The van der Waals surface area contributed by atoms with E-state index >= 15 is 0 Å².